The van der Waals surface area contributed by atoms with Crippen molar-refractivity contribution in [3.05, 3.63) is 59.7 Å². The Labute approximate surface area is 102 Å². The maximum absolute atomic E-state index is 2.33. The number of benzene rings is 2. The first kappa shape index (κ1) is 9.47. The zero-order chi connectivity index (χ0) is 11.2. The van der Waals surface area contributed by atoms with Crippen LogP contribution in [0.15, 0.2) is 48.5 Å². The molecule has 0 amide bonds. The van der Waals surface area contributed by atoms with Crippen LogP contribution in [0.3, 0.4) is 0 Å². The summed E-state index contributed by atoms with van der Waals surface area (Å²) < 4.78 is 0. The number of hydrogen-bond acceptors (Lipinski definition) is 0. The van der Waals surface area contributed by atoms with Gasteiger partial charge >= 0.3 is 0 Å². The second-order valence-corrected chi connectivity index (χ2v) is 5.34. The molecule has 4 rings (SSSR count). The van der Waals surface area contributed by atoms with E-state index in [-0.39, 0.29) is 0 Å². The van der Waals surface area contributed by atoms with E-state index in [9.17, 15) is 0 Å². The molecular weight excluding hydrogens is 204 g/mol. The molecule has 1 saturated carbocycles. The lowest BCUT2D eigenvalue weighted by Crippen LogP contribution is -2.19. The molecule has 2 aromatic rings. The average Bonchev–Trinajstić information content (AvgIpc) is 2.64. The standard InChI is InChI=1S/C17H16/c1-3-10-15-13(8-1)14-9-2-4-11-16(14)17(15)12-6-5-7-12/h1-4,8-12,17H,5-7H2. The molecule has 84 valence electrons. The van der Waals surface area contributed by atoms with Crippen LogP contribution < -0.4 is 0 Å². The first-order valence-electron chi connectivity index (χ1n) is 6.63. The fraction of sp³-hybridized carbons (Fsp3) is 0.294. The minimum absolute atomic E-state index is 0.677. The summed E-state index contributed by atoms with van der Waals surface area (Å²) in [5.74, 6) is 1.57. The van der Waals surface area contributed by atoms with Crippen LogP contribution in [-0.2, 0) is 0 Å². The lowest BCUT2D eigenvalue weighted by atomic mass is 9.72. The third-order valence-electron chi connectivity index (χ3n) is 4.50. The van der Waals surface area contributed by atoms with E-state index in [2.05, 4.69) is 48.5 Å². The van der Waals surface area contributed by atoms with E-state index in [0.29, 0.717) is 5.92 Å². The Morgan fingerprint density at radius 3 is 1.71 bits per heavy atom. The molecule has 0 aliphatic heterocycles. The van der Waals surface area contributed by atoms with E-state index < -0.39 is 0 Å². The number of hydrogen-bond donors (Lipinski definition) is 0. The zero-order valence-corrected chi connectivity index (χ0v) is 9.89. The SMILES string of the molecule is c1ccc2c(c1)-c1ccccc1C2C1CCC1. The van der Waals surface area contributed by atoms with Crippen molar-refractivity contribution in [1.82, 2.24) is 0 Å². The molecule has 0 atom stereocenters. The summed E-state index contributed by atoms with van der Waals surface area (Å²) in [6.07, 6.45) is 4.24. The van der Waals surface area contributed by atoms with Crippen LogP contribution in [0.1, 0.15) is 36.3 Å². The summed E-state index contributed by atoms with van der Waals surface area (Å²) in [6, 6.07) is 17.9. The minimum atomic E-state index is 0.677. The molecule has 2 aromatic carbocycles. The van der Waals surface area contributed by atoms with Crippen molar-refractivity contribution in [3.8, 4) is 11.1 Å². The van der Waals surface area contributed by atoms with Crippen LogP contribution in [0, 0.1) is 5.92 Å². The minimum Gasteiger partial charge on any atom is -0.0619 e. The summed E-state index contributed by atoms with van der Waals surface area (Å²) in [6.45, 7) is 0. The molecule has 0 N–H and O–H groups in total. The van der Waals surface area contributed by atoms with Gasteiger partial charge in [-0.25, -0.2) is 0 Å². The highest BCUT2D eigenvalue weighted by Gasteiger charge is 2.36. The second-order valence-electron chi connectivity index (χ2n) is 5.34. The number of rotatable bonds is 1. The van der Waals surface area contributed by atoms with Crippen molar-refractivity contribution in [1.29, 1.82) is 0 Å². The molecule has 0 radical (unpaired) electrons. The Morgan fingerprint density at radius 1 is 0.706 bits per heavy atom. The van der Waals surface area contributed by atoms with Gasteiger partial charge in [-0.1, -0.05) is 55.0 Å². The second kappa shape index (κ2) is 3.46. The highest BCUT2D eigenvalue weighted by molar-refractivity contribution is 5.78. The molecule has 2 aliphatic rings. The smallest absolute Gasteiger partial charge is 0.0130 e. The highest BCUT2D eigenvalue weighted by atomic mass is 14.4. The van der Waals surface area contributed by atoms with Crippen LogP contribution in [0.4, 0.5) is 0 Å². The van der Waals surface area contributed by atoms with Gasteiger partial charge < -0.3 is 0 Å². The fourth-order valence-corrected chi connectivity index (χ4v) is 3.48. The quantitative estimate of drug-likeness (QED) is 0.659. The Kier molecular flexibility index (Phi) is 1.93. The molecule has 0 heteroatoms. The predicted octanol–water partition coefficient (Wildman–Crippen LogP) is 4.60. The molecule has 0 aromatic heterocycles. The first-order valence-corrected chi connectivity index (χ1v) is 6.63. The molecule has 0 unspecified atom stereocenters. The molecule has 0 nitrogen and oxygen atoms in total. The van der Waals surface area contributed by atoms with Crippen molar-refractivity contribution in [2.45, 2.75) is 25.2 Å². The summed E-state index contributed by atoms with van der Waals surface area (Å²) >= 11 is 0. The van der Waals surface area contributed by atoms with Crippen LogP contribution in [0.25, 0.3) is 11.1 Å². The van der Waals surface area contributed by atoms with Crippen LogP contribution in [-0.4, -0.2) is 0 Å². The van der Waals surface area contributed by atoms with Gasteiger partial charge in [-0.15, -0.1) is 0 Å². The summed E-state index contributed by atoms with van der Waals surface area (Å²) in [5.41, 5.74) is 6.08. The summed E-state index contributed by atoms with van der Waals surface area (Å²) in [7, 11) is 0. The molecule has 2 aliphatic carbocycles. The van der Waals surface area contributed by atoms with Gasteiger partial charge in [-0.05, 0) is 41.0 Å². The molecule has 17 heavy (non-hydrogen) atoms. The predicted molar refractivity (Wildman–Crippen MR) is 71.1 cm³/mol. The molecule has 0 heterocycles. The van der Waals surface area contributed by atoms with Gasteiger partial charge in [-0.2, -0.15) is 0 Å². The van der Waals surface area contributed by atoms with E-state index >= 15 is 0 Å². The largest absolute Gasteiger partial charge is 0.0619 e. The third kappa shape index (κ3) is 1.24. The van der Waals surface area contributed by atoms with Crippen molar-refractivity contribution in [2.75, 3.05) is 0 Å². The van der Waals surface area contributed by atoms with Gasteiger partial charge in [0.25, 0.3) is 0 Å². The molecule has 1 fully saturated rings. The van der Waals surface area contributed by atoms with Gasteiger partial charge in [0.1, 0.15) is 0 Å². The Bertz CT molecular complexity index is 518. The lowest BCUT2D eigenvalue weighted by Gasteiger charge is -2.32. The Morgan fingerprint density at radius 2 is 1.24 bits per heavy atom. The highest BCUT2D eigenvalue weighted by Crippen LogP contribution is 2.52. The molecular formula is C17H16. The van der Waals surface area contributed by atoms with Crippen LogP contribution in [0.2, 0.25) is 0 Å². The maximum Gasteiger partial charge on any atom is 0.0130 e. The zero-order valence-electron chi connectivity index (χ0n) is 9.89. The first-order chi connectivity index (χ1) is 8.45. The van der Waals surface area contributed by atoms with Crippen molar-refractivity contribution in [2.24, 2.45) is 5.92 Å². The van der Waals surface area contributed by atoms with E-state index in [1.807, 2.05) is 0 Å². The molecule has 0 saturated heterocycles. The topological polar surface area (TPSA) is 0 Å². The third-order valence-corrected chi connectivity index (χ3v) is 4.50. The lowest BCUT2D eigenvalue weighted by molar-refractivity contribution is 0.286. The normalized spacial score (nSPS) is 18.6. The average molecular weight is 220 g/mol. The van der Waals surface area contributed by atoms with Gasteiger partial charge in [0.05, 0.1) is 0 Å². The number of fused-ring (bicyclic) bond motifs is 3. The van der Waals surface area contributed by atoms with Gasteiger partial charge in [0.2, 0.25) is 0 Å². The monoisotopic (exact) mass is 220 g/mol. The van der Waals surface area contributed by atoms with Crippen molar-refractivity contribution >= 4 is 0 Å². The van der Waals surface area contributed by atoms with E-state index in [1.165, 1.54) is 30.4 Å². The van der Waals surface area contributed by atoms with E-state index in [0.717, 1.165) is 5.92 Å². The van der Waals surface area contributed by atoms with Gasteiger partial charge in [-0.3, -0.25) is 0 Å². The fourth-order valence-electron chi connectivity index (χ4n) is 3.48. The van der Waals surface area contributed by atoms with Crippen LogP contribution >= 0.6 is 0 Å². The summed E-state index contributed by atoms with van der Waals surface area (Å²) in [4.78, 5) is 0. The van der Waals surface area contributed by atoms with Crippen molar-refractivity contribution < 1.29 is 0 Å². The van der Waals surface area contributed by atoms with Gasteiger partial charge in [0, 0.05) is 5.92 Å². The van der Waals surface area contributed by atoms with Crippen LogP contribution in [0.5, 0.6) is 0 Å². The Hall–Kier alpha value is -1.56. The Balaban J connectivity index is 1.95. The van der Waals surface area contributed by atoms with Gasteiger partial charge in [0.15, 0.2) is 0 Å². The van der Waals surface area contributed by atoms with E-state index in [1.54, 1.807) is 11.1 Å². The van der Waals surface area contributed by atoms with Crippen molar-refractivity contribution in [3.63, 3.8) is 0 Å². The summed E-state index contributed by atoms with van der Waals surface area (Å²) in [5, 5.41) is 0. The molecule has 0 spiro atoms. The maximum atomic E-state index is 2.33. The van der Waals surface area contributed by atoms with E-state index in [4.69, 9.17) is 0 Å². The molecule has 0 bridgehead atoms.